The van der Waals surface area contributed by atoms with Crippen molar-refractivity contribution in [1.82, 2.24) is 0 Å². The quantitative estimate of drug-likeness (QED) is 0.730. The monoisotopic (exact) mass is 214 g/mol. The van der Waals surface area contributed by atoms with Crippen molar-refractivity contribution in [2.75, 3.05) is 6.61 Å². The Balaban J connectivity index is 2.50. The zero-order valence-corrected chi connectivity index (χ0v) is 9.45. The van der Waals surface area contributed by atoms with Crippen molar-refractivity contribution >= 4 is 10.8 Å². The van der Waals surface area contributed by atoms with Gasteiger partial charge in [0.25, 0.3) is 0 Å². The zero-order chi connectivity index (χ0) is 11.3. The number of hydrogen-bond donors (Lipinski definition) is 1. The summed E-state index contributed by atoms with van der Waals surface area (Å²) in [5.74, 6) is 0.932. The summed E-state index contributed by atoms with van der Waals surface area (Å²) >= 11 is 0. The maximum absolute atomic E-state index is 9.93. The van der Waals surface area contributed by atoms with E-state index in [1.165, 1.54) is 10.9 Å². The second-order valence-corrected chi connectivity index (χ2v) is 4.43. The minimum atomic E-state index is -0.502. The number of benzene rings is 2. The van der Waals surface area contributed by atoms with Crippen LogP contribution in [0, 0.1) is 13.8 Å². The normalized spacial score (nSPS) is 18.6. The summed E-state index contributed by atoms with van der Waals surface area (Å²) in [6.07, 6.45) is -0.502. The largest absolute Gasteiger partial charge is 0.490 e. The molecule has 82 valence electrons. The number of aryl methyl sites for hydroxylation is 2. The van der Waals surface area contributed by atoms with Crippen LogP contribution in [0.1, 0.15) is 22.8 Å². The molecule has 1 atom stereocenters. The number of aliphatic hydroxyl groups is 1. The first-order valence-electron chi connectivity index (χ1n) is 5.52. The van der Waals surface area contributed by atoms with E-state index in [4.69, 9.17) is 4.74 Å². The van der Waals surface area contributed by atoms with E-state index in [2.05, 4.69) is 25.1 Å². The smallest absolute Gasteiger partial charge is 0.130 e. The second-order valence-electron chi connectivity index (χ2n) is 4.43. The van der Waals surface area contributed by atoms with Crippen LogP contribution in [0.5, 0.6) is 5.75 Å². The Labute approximate surface area is 94.5 Å². The Hall–Kier alpha value is -1.54. The highest BCUT2D eigenvalue weighted by Crippen LogP contribution is 2.39. The van der Waals surface area contributed by atoms with Crippen LogP contribution in [0.2, 0.25) is 0 Å². The fraction of sp³-hybridized carbons (Fsp3) is 0.286. The molecule has 0 aromatic heterocycles. The van der Waals surface area contributed by atoms with Gasteiger partial charge in [-0.3, -0.25) is 0 Å². The first kappa shape index (κ1) is 9.67. The first-order chi connectivity index (χ1) is 7.68. The van der Waals surface area contributed by atoms with Gasteiger partial charge in [-0.05, 0) is 35.9 Å². The lowest BCUT2D eigenvalue weighted by atomic mass is 9.93. The molecular formula is C14H14O2. The lowest BCUT2D eigenvalue weighted by molar-refractivity contribution is 0.103. The molecular weight excluding hydrogens is 200 g/mol. The molecule has 0 radical (unpaired) electrons. The third-order valence-corrected chi connectivity index (χ3v) is 3.33. The number of ether oxygens (including phenoxy) is 1. The Morgan fingerprint density at radius 1 is 1.12 bits per heavy atom. The summed E-state index contributed by atoms with van der Waals surface area (Å²) in [5, 5.41) is 12.2. The summed E-state index contributed by atoms with van der Waals surface area (Å²) in [4.78, 5) is 0. The molecule has 2 aromatic carbocycles. The SMILES string of the molecule is Cc1ccc2c(C)ccc3c2c1OCC3O. The molecule has 1 heterocycles. The molecule has 0 saturated carbocycles. The van der Waals surface area contributed by atoms with Crippen molar-refractivity contribution < 1.29 is 9.84 Å². The van der Waals surface area contributed by atoms with Crippen LogP contribution in [-0.2, 0) is 0 Å². The van der Waals surface area contributed by atoms with Crippen LogP contribution in [0.15, 0.2) is 24.3 Å². The Kier molecular flexibility index (Phi) is 1.95. The molecule has 0 bridgehead atoms. The molecule has 3 rings (SSSR count). The van der Waals surface area contributed by atoms with E-state index < -0.39 is 6.10 Å². The van der Waals surface area contributed by atoms with E-state index in [1.54, 1.807) is 0 Å². The van der Waals surface area contributed by atoms with Gasteiger partial charge >= 0.3 is 0 Å². The van der Waals surface area contributed by atoms with Crippen LogP contribution in [-0.4, -0.2) is 11.7 Å². The molecule has 1 unspecified atom stereocenters. The standard InChI is InChI=1S/C14H14O2/c1-8-3-6-11-12(15)7-16-14-9(2)4-5-10(8)13(11)14/h3-6,12,15H,7H2,1-2H3. The summed E-state index contributed by atoms with van der Waals surface area (Å²) in [6, 6.07) is 8.25. The summed E-state index contributed by atoms with van der Waals surface area (Å²) < 4.78 is 5.64. The van der Waals surface area contributed by atoms with Gasteiger partial charge in [-0.15, -0.1) is 0 Å². The van der Waals surface area contributed by atoms with Crippen LogP contribution in [0.3, 0.4) is 0 Å². The van der Waals surface area contributed by atoms with Gasteiger partial charge in [0.1, 0.15) is 18.5 Å². The fourth-order valence-corrected chi connectivity index (χ4v) is 2.41. The van der Waals surface area contributed by atoms with Crippen molar-refractivity contribution in [2.24, 2.45) is 0 Å². The minimum absolute atomic E-state index is 0.357. The van der Waals surface area contributed by atoms with Gasteiger partial charge in [-0.2, -0.15) is 0 Å². The molecule has 0 fully saturated rings. The average molecular weight is 214 g/mol. The van der Waals surface area contributed by atoms with Gasteiger partial charge in [-0.25, -0.2) is 0 Å². The van der Waals surface area contributed by atoms with Gasteiger partial charge in [0.15, 0.2) is 0 Å². The number of rotatable bonds is 0. The van der Waals surface area contributed by atoms with Gasteiger partial charge in [0.2, 0.25) is 0 Å². The van der Waals surface area contributed by atoms with Crippen LogP contribution in [0.4, 0.5) is 0 Å². The van der Waals surface area contributed by atoms with Gasteiger partial charge < -0.3 is 9.84 Å². The van der Waals surface area contributed by atoms with Crippen molar-refractivity contribution in [3.8, 4) is 5.75 Å². The molecule has 1 aliphatic heterocycles. The lowest BCUT2D eigenvalue weighted by Gasteiger charge is -2.24. The van der Waals surface area contributed by atoms with Crippen LogP contribution in [0.25, 0.3) is 10.8 Å². The maximum atomic E-state index is 9.93. The van der Waals surface area contributed by atoms with Crippen molar-refractivity contribution in [3.05, 3.63) is 41.0 Å². The molecule has 2 heteroatoms. The second kappa shape index (κ2) is 3.22. The Bertz CT molecular complexity index is 572. The molecule has 1 aliphatic rings. The predicted molar refractivity (Wildman–Crippen MR) is 63.9 cm³/mol. The highest BCUT2D eigenvalue weighted by molar-refractivity contribution is 5.95. The molecule has 16 heavy (non-hydrogen) atoms. The highest BCUT2D eigenvalue weighted by atomic mass is 16.5. The lowest BCUT2D eigenvalue weighted by Crippen LogP contribution is -2.16. The van der Waals surface area contributed by atoms with Crippen LogP contribution >= 0.6 is 0 Å². The zero-order valence-electron chi connectivity index (χ0n) is 9.45. The van der Waals surface area contributed by atoms with Crippen molar-refractivity contribution in [1.29, 1.82) is 0 Å². The molecule has 2 aromatic rings. The summed E-state index contributed by atoms with van der Waals surface area (Å²) in [6.45, 7) is 4.48. The predicted octanol–water partition coefficient (Wildman–Crippen LogP) is 2.88. The highest BCUT2D eigenvalue weighted by Gasteiger charge is 2.22. The molecule has 0 saturated heterocycles. The first-order valence-corrected chi connectivity index (χ1v) is 5.52. The van der Waals surface area contributed by atoms with E-state index >= 15 is 0 Å². The Morgan fingerprint density at radius 3 is 2.69 bits per heavy atom. The summed E-state index contributed by atoms with van der Waals surface area (Å²) in [5.41, 5.74) is 3.34. The molecule has 0 aliphatic carbocycles. The van der Waals surface area contributed by atoms with Gasteiger partial charge in [0.05, 0.1) is 0 Å². The Morgan fingerprint density at radius 2 is 1.88 bits per heavy atom. The third kappa shape index (κ3) is 1.17. The summed E-state index contributed by atoms with van der Waals surface area (Å²) in [7, 11) is 0. The topological polar surface area (TPSA) is 29.5 Å². The number of hydrogen-bond acceptors (Lipinski definition) is 2. The fourth-order valence-electron chi connectivity index (χ4n) is 2.41. The van der Waals surface area contributed by atoms with Gasteiger partial charge in [0, 0.05) is 5.39 Å². The number of aliphatic hydroxyl groups excluding tert-OH is 1. The molecule has 1 N–H and O–H groups in total. The average Bonchev–Trinajstić information content (AvgIpc) is 2.27. The van der Waals surface area contributed by atoms with E-state index in [0.29, 0.717) is 6.61 Å². The molecule has 0 spiro atoms. The van der Waals surface area contributed by atoms with Crippen molar-refractivity contribution in [3.63, 3.8) is 0 Å². The van der Waals surface area contributed by atoms with E-state index in [1.807, 2.05) is 13.0 Å². The molecule has 0 amide bonds. The van der Waals surface area contributed by atoms with Crippen LogP contribution < -0.4 is 4.74 Å². The van der Waals surface area contributed by atoms with E-state index in [9.17, 15) is 5.11 Å². The van der Waals surface area contributed by atoms with E-state index in [0.717, 1.165) is 22.3 Å². The van der Waals surface area contributed by atoms with Gasteiger partial charge in [-0.1, -0.05) is 24.3 Å². The minimum Gasteiger partial charge on any atom is -0.490 e. The molecule has 2 nitrogen and oxygen atoms in total. The van der Waals surface area contributed by atoms with E-state index in [-0.39, 0.29) is 0 Å². The third-order valence-electron chi connectivity index (χ3n) is 3.33. The van der Waals surface area contributed by atoms with Crippen molar-refractivity contribution in [2.45, 2.75) is 20.0 Å². The maximum Gasteiger partial charge on any atom is 0.130 e.